The smallest absolute Gasteiger partial charge is 0.422 e. The van der Waals surface area contributed by atoms with Crippen LogP contribution in [0.2, 0.25) is 0 Å². The molecule has 0 unspecified atom stereocenters. The molecule has 0 radical (unpaired) electrons. The van der Waals surface area contributed by atoms with E-state index < -0.39 is 37.9 Å². The van der Waals surface area contributed by atoms with Crippen LogP contribution in [0.15, 0.2) is 33.5 Å². The zero-order valence-corrected chi connectivity index (χ0v) is 20.8. The van der Waals surface area contributed by atoms with Crippen LogP contribution in [0.5, 0.6) is 0 Å². The lowest BCUT2D eigenvalue weighted by Crippen LogP contribution is -2.52. The molecular weight excluding hydrogens is 477 g/mol. The Kier molecular flexibility index (Phi) is 9.07. The summed E-state index contributed by atoms with van der Waals surface area (Å²) in [7, 11) is -4.89. The Bertz CT molecular complexity index is 1150. The van der Waals surface area contributed by atoms with Crippen LogP contribution in [0.3, 0.4) is 0 Å². The molecule has 3 rings (SSSR count). The van der Waals surface area contributed by atoms with Gasteiger partial charge in [-0.15, -0.1) is 0 Å². The molecule has 11 nitrogen and oxygen atoms in total. The molecule has 2 aromatic rings. The van der Waals surface area contributed by atoms with Gasteiger partial charge in [-0.3, -0.25) is 14.1 Å². The summed E-state index contributed by atoms with van der Waals surface area (Å²) in [5.41, 5.74) is -0.0435. The molecule has 1 saturated carbocycles. The SMILES string of the molecule is CCN(CC)c1ccc2cc(C(=O)N[C@@H](COP(=O)(O)O)C(=O)NC3CCCCC3)c(=O)oc2c1. The summed E-state index contributed by atoms with van der Waals surface area (Å²) in [4.78, 5) is 58.5. The van der Waals surface area contributed by atoms with E-state index in [0.29, 0.717) is 11.0 Å². The minimum atomic E-state index is -4.89. The summed E-state index contributed by atoms with van der Waals surface area (Å²) >= 11 is 0. The second-order valence-corrected chi connectivity index (χ2v) is 9.74. The zero-order valence-electron chi connectivity index (χ0n) is 19.9. The van der Waals surface area contributed by atoms with E-state index in [-0.39, 0.29) is 11.6 Å². The molecule has 4 N–H and O–H groups in total. The third kappa shape index (κ3) is 7.38. The fourth-order valence-electron chi connectivity index (χ4n) is 4.18. The molecule has 0 saturated heterocycles. The Labute approximate surface area is 203 Å². The van der Waals surface area contributed by atoms with Gasteiger partial charge >= 0.3 is 13.4 Å². The van der Waals surface area contributed by atoms with E-state index in [4.69, 9.17) is 14.2 Å². The second-order valence-electron chi connectivity index (χ2n) is 8.50. The van der Waals surface area contributed by atoms with Crippen LogP contribution in [-0.4, -0.2) is 53.4 Å². The van der Waals surface area contributed by atoms with E-state index in [0.717, 1.165) is 50.9 Å². The summed E-state index contributed by atoms with van der Waals surface area (Å²) in [6.07, 6.45) is 4.52. The van der Waals surface area contributed by atoms with Gasteiger partial charge in [0.2, 0.25) is 5.91 Å². The number of rotatable bonds is 10. The molecule has 1 atom stereocenters. The van der Waals surface area contributed by atoms with E-state index >= 15 is 0 Å². The highest BCUT2D eigenvalue weighted by Gasteiger charge is 2.29. The molecule has 2 amide bonds. The summed E-state index contributed by atoms with van der Waals surface area (Å²) in [5.74, 6) is -1.56. The van der Waals surface area contributed by atoms with Gasteiger partial charge in [0, 0.05) is 36.3 Å². The number of carbonyl (C=O) groups excluding carboxylic acids is 2. The number of nitrogens with one attached hydrogen (secondary N) is 2. The van der Waals surface area contributed by atoms with E-state index in [1.54, 1.807) is 12.1 Å². The van der Waals surface area contributed by atoms with E-state index in [1.807, 2.05) is 19.9 Å². The number of phosphoric ester groups is 1. The van der Waals surface area contributed by atoms with Gasteiger partial charge in [-0.2, -0.15) is 0 Å². The van der Waals surface area contributed by atoms with E-state index in [2.05, 4.69) is 20.1 Å². The van der Waals surface area contributed by atoms with Gasteiger partial charge in [0.05, 0.1) is 6.61 Å². The topological polar surface area (TPSA) is 158 Å². The molecule has 192 valence electrons. The number of nitrogens with zero attached hydrogens (tertiary/aromatic N) is 1. The minimum Gasteiger partial charge on any atom is -0.422 e. The molecule has 0 spiro atoms. The first-order valence-electron chi connectivity index (χ1n) is 11.8. The first-order chi connectivity index (χ1) is 16.6. The van der Waals surface area contributed by atoms with Crippen molar-refractivity contribution in [3.8, 4) is 0 Å². The quantitative estimate of drug-likeness (QED) is 0.278. The molecule has 0 bridgehead atoms. The van der Waals surface area contributed by atoms with Crippen molar-refractivity contribution in [1.29, 1.82) is 0 Å². The van der Waals surface area contributed by atoms with Gasteiger partial charge in [-0.25, -0.2) is 9.36 Å². The van der Waals surface area contributed by atoms with Crippen molar-refractivity contribution >= 4 is 36.3 Å². The Balaban J connectivity index is 1.81. The number of benzene rings is 1. The maximum Gasteiger partial charge on any atom is 0.469 e. The molecule has 1 aromatic carbocycles. The number of anilines is 1. The van der Waals surface area contributed by atoms with Gasteiger partial charge in [0.1, 0.15) is 17.2 Å². The van der Waals surface area contributed by atoms with Crippen molar-refractivity contribution < 1.29 is 32.9 Å². The van der Waals surface area contributed by atoms with E-state index in [1.165, 1.54) is 6.07 Å². The van der Waals surface area contributed by atoms with Crippen molar-refractivity contribution in [3.05, 3.63) is 40.2 Å². The molecule has 1 aliphatic carbocycles. The number of fused-ring (bicyclic) bond motifs is 1. The van der Waals surface area contributed by atoms with Gasteiger partial charge in [0.15, 0.2) is 0 Å². The number of phosphoric acid groups is 1. The van der Waals surface area contributed by atoms with Crippen LogP contribution >= 0.6 is 7.82 Å². The summed E-state index contributed by atoms with van der Waals surface area (Å²) in [5, 5.41) is 5.67. The van der Waals surface area contributed by atoms with Gasteiger partial charge in [-0.05, 0) is 44.9 Å². The van der Waals surface area contributed by atoms with Crippen LogP contribution in [0.4, 0.5) is 5.69 Å². The van der Waals surface area contributed by atoms with Crippen molar-refractivity contribution in [2.45, 2.75) is 58.0 Å². The Morgan fingerprint density at radius 2 is 1.86 bits per heavy atom. The average Bonchev–Trinajstić information content (AvgIpc) is 2.81. The van der Waals surface area contributed by atoms with Gasteiger partial charge in [0.25, 0.3) is 5.91 Å². The molecule has 35 heavy (non-hydrogen) atoms. The first-order valence-corrected chi connectivity index (χ1v) is 13.3. The molecule has 1 aromatic heterocycles. The third-order valence-corrected chi connectivity index (χ3v) is 6.56. The van der Waals surface area contributed by atoms with Crippen LogP contribution < -0.4 is 21.2 Å². The van der Waals surface area contributed by atoms with Gasteiger partial charge in [-0.1, -0.05) is 19.3 Å². The van der Waals surface area contributed by atoms with E-state index in [9.17, 15) is 18.9 Å². The molecule has 12 heteroatoms. The summed E-state index contributed by atoms with van der Waals surface area (Å²) < 4.78 is 21.0. The predicted octanol–water partition coefficient (Wildman–Crippen LogP) is 2.30. The molecule has 0 aliphatic heterocycles. The lowest BCUT2D eigenvalue weighted by molar-refractivity contribution is -0.124. The van der Waals surface area contributed by atoms with Gasteiger partial charge < -0.3 is 29.7 Å². The monoisotopic (exact) mass is 509 g/mol. The predicted molar refractivity (Wildman–Crippen MR) is 130 cm³/mol. The first kappa shape index (κ1) is 26.9. The summed E-state index contributed by atoms with van der Waals surface area (Å²) in [6.45, 7) is 4.80. The largest absolute Gasteiger partial charge is 0.469 e. The molecule has 1 aliphatic rings. The highest BCUT2D eigenvalue weighted by Crippen LogP contribution is 2.35. The zero-order chi connectivity index (χ0) is 25.6. The van der Waals surface area contributed by atoms with Crippen molar-refractivity contribution in [2.24, 2.45) is 0 Å². The Morgan fingerprint density at radius 1 is 1.17 bits per heavy atom. The average molecular weight is 509 g/mol. The maximum absolute atomic E-state index is 12.9. The van der Waals surface area contributed by atoms with Crippen molar-refractivity contribution in [3.63, 3.8) is 0 Å². The number of hydrogen-bond donors (Lipinski definition) is 4. The normalized spacial score (nSPS) is 15.5. The van der Waals surface area contributed by atoms with Crippen molar-refractivity contribution in [1.82, 2.24) is 10.6 Å². The number of hydrogen-bond acceptors (Lipinski definition) is 7. The maximum atomic E-state index is 12.9. The van der Waals surface area contributed by atoms with Crippen LogP contribution in [-0.2, 0) is 13.9 Å². The Morgan fingerprint density at radius 3 is 2.49 bits per heavy atom. The van der Waals surface area contributed by atoms with Crippen LogP contribution in [0.25, 0.3) is 11.0 Å². The van der Waals surface area contributed by atoms with Crippen molar-refractivity contribution in [2.75, 3.05) is 24.6 Å². The molecule has 1 fully saturated rings. The fraction of sp³-hybridized carbons (Fsp3) is 0.522. The standard InChI is InChI=1S/C23H32N3O8P/c1-3-26(4-2)17-11-10-15-12-18(23(29)34-20(15)13-17)21(27)25-19(14-33-35(30,31)32)22(28)24-16-8-6-5-7-9-16/h10-13,16,19H,3-9,14H2,1-2H3,(H,24,28)(H,25,27)(H2,30,31,32)/t19-/m0/s1. The molecular formula is C23H32N3O8P. The number of amides is 2. The third-order valence-electron chi connectivity index (χ3n) is 6.08. The summed E-state index contributed by atoms with van der Waals surface area (Å²) in [6, 6.07) is 5.15. The van der Waals surface area contributed by atoms with Crippen LogP contribution in [0.1, 0.15) is 56.3 Å². The Hall–Kier alpha value is -2.72. The minimum absolute atomic E-state index is 0.101. The highest BCUT2D eigenvalue weighted by atomic mass is 31.2. The number of carbonyl (C=O) groups is 2. The lowest BCUT2D eigenvalue weighted by Gasteiger charge is -2.26. The fourth-order valence-corrected chi connectivity index (χ4v) is 4.53. The molecule has 1 heterocycles. The highest BCUT2D eigenvalue weighted by molar-refractivity contribution is 7.46. The second kappa shape index (κ2) is 11.8. The lowest BCUT2D eigenvalue weighted by atomic mass is 9.95. The van der Waals surface area contributed by atoms with Crippen LogP contribution in [0, 0.1) is 0 Å².